The Morgan fingerprint density at radius 2 is 1.09 bits per heavy atom. The molecule has 2 heteroatoms. The number of imidazole rings is 1. The monoisotopic (exact) mass is 439 g/mol. The van der Waals surface area contributed by atoms with E-state index >= 15 is 0 Å². The van der Waals surface area contributed by atoms with E-state index in [0.29, 0.717) is 0 Å². The van der Waals surface area contributed by atoms with Gasteiger partial charge in [0.25, 0.3) is 5.82 Å². The van der Waals surface area contributed by atoms with E-state index in [4.69, 9.17) is 0 Å². The summed E-state index contributed by atoms with van der Waals surface area (Å²) >= 11 is 0. The molecule has 0 bridgehead atoms. The molecule has 1 heterocycles. The first kappa shape index (κ1) is 26.7. The molecular weight excluding hydrogens is 388 g/mol. The first-order chi connectivity index (χ1) is 15.9. The van der Waals surface area contributed by atoms with Crippen LogP contribution in [0.5, 0.6) is 0 Å². The van der Waals surface area contributed by atoms with Gasteiger partial charge in [-0.15, -0.1) is 0 Å². The van der Waals surface area contributed by atoms with Crippen LogP contribution in [0.1, 0.15) is 123 Å². The lowest BCUT2D eigenvalue weighted by molar-refractivity contribution is -0.686. The van der Waals surface area contributed by atoms with E-state index in [1.165, 1.54) is 121 Å². The van der Waals surface area contributed by atoms with E-state index in [9.17, 15) is 0 Å². The van der Waals surface area contributed by atoms with Gasteiger partial charge < -0.3 is 0 Å². The molecule has 0 unspecified atom stereocenters. The Morgan fingerprint density at radius 3 is 1.62 bits per heavy atom. The van der Waals surface area contributed by atoms with E-state index < -0.39 is 0 Å². The number of rotatable bonds is 20. The van der Waals surface area contributed by atoms with E-state index in [1.54, 1.807) is 0 Å². The molecule has 0 aliphatic heterocycles. The molecule has 180 valence electrons. The van der Waals surface area contributed by atoms with Gasteiger partial charge in [0, 0.05) is 0 Å². The van der Waals surface area contributed by atoms with Crippen LogP contribution < -0.4 is 4.57 Å². The molecule has 0 N–H and O–H groups in total. The van der Waals surface area contributed by atoms with Gasteiger partial charge in [-0.05, 0) is 31.4 Å². The fourth-order valence-corrected chi connectivity index (χ4v) is 4.73. The van der Waals surface area contributed by atoms with Crippen molar-refractivity contribution >= 4 is 0 Å². The van der Waals surface area contributed by atoms with Crippen LogP contribution in [-0.4, -0.2) is 4.57 Å². The lowest BCUT2D eigenvalue weighted by atomic mass is 10.0. The first-order valence-corrected chi connectivity index (χ1v) is 14.0. The van der Waals surface area contributed by atoms with Gasteiger partial charge in [-0.25, -0.2) is 9.13 Å². The summed E-state index contributed by atoms with van der Waals surface area (Å²) in [5, 5.41) is 0. The van der Waals surface area contributed by atoms with Crippen molar-refractivity contribution in [1.82, 2.24) is 4.57 Å². The zero-order valence-corrected chi connectivity index (χ0v) is 21.4. The van der Waals surface area contributed by atoms with Gasteiger partial charge in [-0.2, -0.15) is 0 Å². The van der Waals surface area contributed by atoms with Crippen molar-refractivity contribution in [3.8, 4) is 11.4 Å². The number of hydrogen-bond acceptors (Lipinski definition) is 0. The molecule has 2 aromatic rings. The van der Waals surface area contributed by atoms with Crippen molar-refractivity contribution in [2.24, 2.45) is 0 Å². The molecule has 0 radical (unpaired) electrons. The molecule has 0 spiro atoms. The van der Waals surface area contributed by atoms with E-state index in [2.05, 4.69) is 65.7 Å². The lowest BCUT2D eigenvalue weighted by Gasteiger charge is -2.06. The van der Waals surface area contributed by atoms with Gasteiger partial charge in [-0.1, -0.05) is 122 Å². The van der Waals surface area contributed by atoms with Crippen LogP contribution in [0.3, 0.4) is 0 Å². The van der Waals surface area contributed by atoms with Crippen molar-refractivity contribution in [3.05, 3.63) is 42.7 Å². The van der Waals surface area contributed by atoms with Crippen molar-refractivity contribution in [2.45, 2.75) is 136 Å². The maximum Gasteiger partial charge on any atom is 0.288 e. The smallest absolute Gasteiger partial charge is 0.230 e. The van der Waals surface area contributed by atoms with E-state index in [-0.39, 0.29) is 0 Å². The number of unbranched alkanes of at least 4 members (excludes halogenated alkanes) is 15. The van der Waals surface area contributed by atoms with Gasteiger partial charge in [0.1, 0.15) is 12.4 Å². The van der Waals surface area contributed by atoms with Crippen LogP contribution in [0, 0.1) is 0 Å². The molecule has 2 rings (SSSR count). The highest BCUT2D eigenvalue weighted by Crippen LogP contribution is 2.17. The topological polar surface area (TPSA) is 8.81 Å². The highest BCUT2D eigenvalue weighted by molar-refractivity contribution is 5.52. The number of nitrogens with zero attached hydrogens (tertiary/aromatic N) is 2. The molecule has 1 aromatic carbocycles. The predicted octanol–water partition coefficient (Wildman–Crippen LogP) is 9.11. The van der Waals surface area contributed by atoms with Gasteiger partial charge in [-0.3, -0.25) is 0 Å². The van der Waals surface area contributed by atoms with Crippen LogP contribution in [0.25, 0.3) is 11.4 Å². The molecule has 0 aliphatic rings. The summed E-state index contributed by atoms with van der Waals surface area (Å²) in [5.74, 6) is 1.38. The molecule has 0 saturated carbocycles. The second-order valence-corrected chi connectivity index (χ2v) is 9.68. The summed E-state index contributed by atoms with van der Waals surface area (Å²) in [5.41, 5.74) is 1.34. The van der Waals surface area contributed by atoms with Crippen molar-refractivity contribution in [2.75, 3.05) is 0 Å². The van der Waals surface area contributed by atoms with Crippen molar-refractivity contribution in [1.29, 1.82) is 0 Å². The highest BCUT2D eigenvalue weighted by atomic mass is 15.1. The Bertz CT molecular complexity index is 673. The Balaban J connectivity index is 1.55. The summed E-state index contributed by atoms with van der Waals surface area (Å²) in [6.07, 6.45) is 28.4. The van der Waals surface area contributed by atoms with Crippen molar-refractivity contribution in [3.63, 3.8) is 0 Å². The Labute approximate surface area is 199 Å². The molecule has 0 amide bonds. The quantitative estimate of drug-likeness (QED) is 0.144. The zero-order valence-electron chi connectivity index (χ0n) is 21.4. The average Bonchev–Trinajstić information content (AvgIpc) is 3.23. The fraction of sp³-hybridized carbons (Fsp3) is 0.700. The van der Waals surface area contributed by atoms with Crippen LogP contribution >= 0.6 is 0 Å². The molecule has 2 nitrogen and oxygen atoms in total. The largest absolute Gasteiger partial charge is 0.288 e. The third-order valence-electron chi connectivity index (χ3n) is 6.76. The SMILES string of the molecule is CCCCCCCCCCCCCCCCC[n+]1ccn(CCCC)c1-c1ccccc1. The number of aryl methyl sites for hydroxylation is 2. The Morgan fingerprint density at radius 1 is 0.594 bits per heavy atom. The fourth-order valence-electron chi connectivity index (χ4n) is 4.73. The van der Waals surface area contributed by atoms with Gasteiger partial charge in [0.15, 0.2) is 0 Å². The summed E-state index contributed by atoms with van der Waals surface area (Å²) in [6, 6.07) is 10.9. The van der Waals surface area contributed by atoms with E-state index in [0.717, 1.165) is 13.1 Å². The number of hydrogen-bond donors (Lipinski definition) is 0. The van der Waals surface area contributed by atoms with Gasteiger partial charge in [0.2, 0.25) is 0 Å². The minimum atomic E-state index is 1.12. The predicted molar refractivity (Wildman–Crippen MR) is 140 cm³/mol. The molecule has 32 heavy (non-hydrogen) atoms. The summed E-state index contributed by atoms with van der Waals surface area (Å²) in [4.78, 5) is 0. The van der Waals surface area contributed by atoms with Gasteiger partial charge >= 0.3 is 0 Å². The normalized spacial score (nSPS) is 11.3. The molecular formula is C30H51N2+. The second-order valence-electron chi connectivity index (χ2n) is 9.68. The molecule has 0 saturated heterocycles. The summed E-state index contributed by atoms with van der Waals surface area (Å²) < 4.78 is 4.93. The van der Waals surface area contributed by atoms with Crippen molar-refractivity contribution < 1.29 is 4.57 Å². The maximum absolute atomic E-state index is 2.48. The Hall–Kier alpha value is -1.57. The minimum Gasteiger partial charge on any atom is -0.230 e. The maximum atomic E-state index is 2.48. The minimum absolute atomic E-state index is 1.12. The standard InChI is InChI=1S/C30H51N2/c1-3-5-7-8-9-10-11-12-13-14-15-16-17-18-22-26-32-28-27-31(25-6-4-2)30(32)29-23-20-19-21-24-29/h19-21,23-24,27-28H,3-18,22,25-26H2,1-2H3/q+1. The van der Waals surface area contributed by atoms with Crippen LogP contribution in [0.15, 0.2) is 42.7 Å². The third-order valence-corrected chi connectivity index (χ3v) is 6.76. The van der Waals surface area contributed by atoms with Crippen LogP contribution in [0.2, 0.25) is 0 Å². The second kappa shape index (κ2) is 17.9. The van der Waals surface area contributed by atoms with Crippen LogP contribution in [0.4, 0.5) is 0 Å². The lowest BCUT2D eigenvalue weighted by Crippen LogP contribution is -2.34. The van der Waals surface area contributed by atoms with Crippen LogP contribution in [-0.2, 0) is 13.1 Å². The third kappa shape index (κ3) is 10.8. The summed E-state index contributed by atoms with van der Waals surface area (Å²) in [6.45, 7) is 6.83. The summed E-state index contributed by atoms with van der Waals surface area (Å²) in [7, 11) is 0. The highest BCUT2D eigenvalue weighted by Gasteiger charge is 2.18. The first-order valence-electron chi connectivity index (χ1n) is 14.0. The zero-order chi connectivity index (χ0) is 22.7. The molecule has 0 fully saturated rings. The molecule has 1 aromatic heterocycles. The Kier molecular flexibility index (Phi) is 14.9. The van der Waals surface area contributed by atoms with E-state index in [1.807, 2.05) is 0 Å². The number of benzene rings is 1. The van der Waals surface area contributed by atoms with Gasteiger partial charge in [0.05, 0.1) is 18.7 Å². The number of aromatic nitrogens is 2. The molecule has 0 aliphatic carbocycles. The molecule has 0 atom stereocenters. The average molecular weight is 440 g/mol.